The zero-order valence-corrected chi connectivity index (χ0v) is 44.5. The van der Waals surface area contributed by atoms with Gasteiger partial charge in [-0.3, -0.25) is 4.90 Å². The van der Waals surface area contributed by atoms with Gasteiger partial charge in [-0.05, 0) is 140 Å². The molecule has 0 saturated heterocycles. The molecule has 10 rings (SSSR count). The number of hydrogen-bond donors (Lipinski definition) is 0. The normalized spacial score (nSPS) is 18.0. The fourth-order valence-corrected chi connectivity index (χ4v) is 11.1. The minimum absolute atomic E-state index is 0.0450. The minimum Gasteiger partial charge on any atom is -0.320 e. The lowest BCUT2D eigenvalue weighted by Crippen LogP contribution is -2.52. The van der Waals surface area contributed by atoms with Crippen LogP contribution in [0.4, 0.5) is 34.1 Å². The highest BCUT2D eigenvalue weighted by atomic mass is 15.4. The molecule has 3 heterocycles. The van der Waals surface area contributed by atoms with Gasteiger partial charge in [0.1, 0.15) is 5.82 Å². The molecule has 366 valence electrons. The lowest BCUT2D eigenvalue weighted by Gasteiger charge is -2.45. The molecule has 1 aliphatic carbocycles. The Morgan fingerprint density at radius 2 is 1.18 bits per heavy atom. The number of allylic oxidation sites excluding steroid dienone is 7. The topological polar surface area (TPSA) is 13.0 Å². The number of para-hydroxylation sites is 1. The molecule has 0 aromatic heterocycles. The van der Waals surface area contributed by atoms with Gasteiger partial charge < -0.3 is 14.7 Å². The molecule has 0 saturated carbocycles. The van der Waals surface area contributed by atoms with Gasteiger partial charge in [0.2, 0.25) is 6.71 Å². The molecule has 0 bridgehead atoms. The van der Waals surface area contributed by atoms with E-state index in [-0.39, 0.29) is 34.9 Å². The van der Waals surface area contributed by atoms with E-state index in [0.29, 0.717) is 0 Å². The van der Waals surface area contributed by atoms with E-state index in [9.17, 15) is 0 Å². The molecule has 6 aromatic rings. The third kappa shape index (κ3) is 9.43. The van der Waals surface area contributed by atoms with Crippen LogP contribution in [0.1, 0.15) is 91.8 Å². The SMILES string of the molecule is C=CCC/C=C/N1C(=C)/C(=C\C=C\N(c2ccc(C(C)(C)C)cc2)c2ccc(C(C)(C)C)cc2)B2C3=C(N(c4cccc(-c5ccc(C(C)(C)C)cc5)c4)c4cccc1c42)N(c1ccccc1)C1C=CC=CC31. The van der Waals surface area contributed by atoms with Crippen molar-refractivity contribution in [1.82, 2.24) is 0 Å². The Bertz CT molecular complexity index is 3160. The molecule has 2 atom stereocenters. The smallest absolute Gasteiger partial charge is 0.250 e. The first kappa shape index (κ1) is 49.1. The predicted molar refractivity (Wildman–Crippen MR) is 316 cm³/mol. The first-order valence-electron chi connectivity index (χ1n) is 26.2. The lowest BCUT2D eigenvalue weighted by molar-refractivity contribution is 0.590. The zero-order valence-electron chi connectivity index (χ0n) is 44.5. The van der Waals surface area contributed by atoms with Crippen molar-refractivity contribution in [2.24, 2.45) is 5.92 Å². The fourth-order valence-electron chi connectivity index (χ4n) is 11.1. The van der Waals surface area contributed by atoms with E-state index in [4.69, 9.17) is 6.58 Å². The molecule has 0 fully saturated rings. The second-order valence-electron chi connectivity index (χ2n) is 23.1. The lowest BCUT2D eigenvalue weighted by atomic mass is 9.31. The van der Waals surface area contributed by atoms with Gasteiger partial charge in [0, 0.05) is 58.1 Å². The maximum absolute atomic E-state index is 5.00. The van der Waals surface area contributed by atoms with E-state index in [2.05, 4.69) is 289 Å². The van der Waals surface area contributed by atoms with E-state index in [1.165, 1.54) is 61.4 Å². The molecule has 0 amide bonds. The summed E-state index contributed by atoms with van der Waals surface area (Å²) in [6.45, 7) is 29.4. The number of hydrogen-bond acceptors (Lipinski definition) is 4. The molecule has 6 aromatic carbocycles. The second kappa shape index (κ2) is 19.5. The summed E-state index contributed by atoms with van der Waals surface area (Å²) < 4.78 is 0. The summed E-state index contributed by atoms with van der Waals surface area (Å²) in [5, 5.41) is 0. The molecule has 73 heavy (non-hydrogen) atoms. The summed E-state index contributed by atoms with van der Waals surface area (Å²) >= 11 is 0. The van der Waals surface area contributed by atoms with Gasteiger partial charge in [-0.15, -0.1) is 6.58 Å². The number of anilines is 6. The Morgan fingerprint density at radius 3 is 1.79 bits per heavy atom. The molecule has 3 aliphatic heterocycles. The highest BCUT2D eigenvalue weighted by Gasteiger charge is 2.53. The van der Waals surface area contributed by atoms with Crippen molar-refractivity contribution >= 4 is 46.3 Å². The van der Waals surface area contributed by atoms with Crippen LogP contribution in [0, 0.1) is 5.92 Å². The number of unbranched alkanes of at least 4 members (excludes halogenated alkanes) is 1. The van der Waals surface area contributed by atoms with Gasteiger partial charge in [-0.2, -0.15) is 0 Å². The third-order valence-electron chi connectivity index (χ3n) is 15.1. The van der Waals surface area contributed by atoms with Crippen LogP contribution in [-0.2, 0) is 16.2 Å². The predicted octanol–water partition coefficient (Wildman–Crippen LogP) is 17.1. The molecular weight excluding hydrogens is 884 g/mol. The van der Waals surface area contributed by atoms with Gasteiger partial charge in [-0.25, -0.2) is 0 Å². The number of fused-ring (bicyclic) bond motifs is 3. The molecule has 4 nitrogen and oxygen atoms in total. The minimum atomic E-state index is -0.0940. The number of benzene rings is 6. The molecule has 0 spiro atoms. The Kier molecular flexibility index (Phi) is 13.1. The van der Waals surface area contributed by atoms with Gasteiger partial charge >= 0.3 is 0 Å². The van der Waals surface area contributed by atoms with E-state index in [1.54, 1.807) is 0 Å². The van der Waals surface area contributed by atoms with Crippen LogP contribution >= 0.6 is 0 Å². The van der Waals surface area contributed by atoms with Crippen LogP contribution in [0.25, 0.3) is 11.1 Å². The molecular formula is C68H71BN4. The van der Waals surface area contributed by atoms with Crippen LogP contribution in [0.5, 0.6) is 0 Å². The van der Waals surface area contributed by atoms with Gasteiger partial charge in [0.05, 0.1) is 6.04 Å². The summed E-state index contributed by atoms with van der Waals surface area (Å²) in [6, 6.07) is 54.4. The molecule has 0 radical (unpaired) electrons. The van der Waals surface area contributed by atoms with Crippen molar-refractivity contribution in [2.45, 2.75) is 97.4 Å². The Labute approximate surface area is 437 Å². The van der Waals surface area contributed by atoms with Crippen LogP contribution in [0.15, 0.2) is 242 Å². The van der Waals surface area contributed by atoms with Gasteiger partial charge in [0.15, 0.2) is 0 Å². The van der Waals surface area contributed by atoms with Crippen molar-refractivity contribution in [3.8, 4) is 11.1 Å². The van der Waals surface area contributed by atoms with E-state index >= 15 is 0 Å². The molecule has 4 aliphatic rings. The van der Waals surface area contributed by atoms with E-state index in [0.717, 1.165) is 41.3 Å². The summed E-state index contributed by atoms with van der Waals surface area (Å²) in [5.74, 6) is 1.29. The average molecular weight is 955 g/mol. The van der Waals surface area contributed by atoms with Crippen molar-refractivity contribution in [2.75, 3.05) is 19.6 Å². The summed E-state index contributed by atoms with van der Waals surface area (Å²) in [6.07, 6.45) is 24.4. The van der Waals surface area contributed by atoms with Gasteiger partial charge in [0.25, 0.3) is 0 Å². The Hall–Kier alpha value is -7.50. The number of rotatable bonds is 11. The molecule has 2 unspecified atom stereocenters. The molecule has 0 N–H and O–H groups in total. The summed E-state index contributed by atoms with van der Waals surface area (Å²) in [4.78, 5) is 9.82. The van der Waals surface area contributed by atoms with Crippen LogP contribution < -0.4 is 25.1 Å². The third-order valence-corrected chi connectivity index (χ3v) is 15.1. The quantitative estimate of drug-likeness (QED) is 0.0729. The highest BCUT2D eigenvalue weighted by Crippen LogP contribution is 2.53. The fraction of sp³-hybridized carbons (Fsp3) is 0.235. The van der Waals surface area contributed by atoms with Crippen molar-refractivity contribution in [1.29, 1.82) is 0 Å². The molecule has 5 heteroatoms. The monoisotopic (exact) mass is 955 g/mol. The first-order chi connectivity index (χ1) is 35.0. The Morgan fingerprint density at radius 1 is 0.603 bits per heavy atom. The average Bonchev–Trinajstić information content (AvgIpc) is 3.72. The largest absolute Gasteiger partial charge is 0.320 e. The highest BCUT2D eigenvalue weighted by molar-refractivity contribution is 6.90. The number of nitrogens with zero attached hydrogens (tertiary/aromatic N) is 4. The van der Waals surface area contributed by atoms with Crippen molar-refractivity contribution < 1.29 is 0 Å². The second-order valence-corrected chi connectivity index (χ2v) is 23.1. The van der Waals surface area contributed by atoms with E-state index in [1.807, 2.05) is 6.08 Å². The first-order valence-corrected chi connectivity index (χ1v) is 26.2. The Balaban J connectivity index is 1.19. The summed E-state index contributed by atoms with van der Waals surface area (Å²) in [7, 11) is 0. The zero-order chi connectivity index (χ0) is 51.2. The van der Waals surface area contributed by atoms with Crippen molar-refractivity contribution in [3.05, 3.63) is 259 Å². The standard InChI is InChI=1S/C68H71BN4/c1-12-13-14-20-45-70-48(2)59(29-23-46-71(54-41-37-52(38-42-54)67(6,7)8)55-43-39-53(40-44-55)68(9,10)11)69-63-58-28-18-19-30-60(58)72(56-25-16-15-17-26-56)65(63)73(62-32-22-31-61(70)64(62)69)57-27-21-24-50(47-57)49-33-35-51(36-34-49)66(3,4)5/h12,15-47,58,60H,1-2,13-14H2,3-11H3/b45-20+,46-23+,59-29+. The van der Waals surface area contributed by atoms with Crippen LogP contribution in [-0.4, -0.2) is 12.8 Å². The maximum atomic E-state index is 5.00. The maximum Gasteiger partial charge on any atom is 0.250 e. The van der Waals surface area contributed by atoms with Gasteiger partial charge in [-0.1, -0.05) is 196 Å². The summed E-state index contributed by atoms with van der Waals surface area (Å²) in [5.41, 5.74) is 18.1. The van der Waals surface area contributed by atoms with Crippen LogP contribution in [0.2, 0.25) is 0 Å². The van der Waals surface area contributed by atoms with Crippen LogP contribution in [0.3, 0.4) is 0 Å². The van der Waals surface area contributed by atoms with Crippen molar-refractivity contribution in [3.63, 3.8) is 0 Å². The van der Waals surface area contributed by atoms with E-state index < -0.39 is 0 Å².